The van der Waals surface area contributed by atoms with Gasteiger partial charge in [0.2, 0.25) is 5.91 Å². The quantitative estimate of drug-likeness (QED) is 0.710. The Hall–Kier alpha value is -0.570. The van der Waals surface area contributed by atoms with Crippen molar-refractivity contribution in [2.45, 2.75) is 33.7 Å². The summed E-state index contributed by atoms with van der Waals surface area (Å²) in [6.45, 7) is 10.2. The third-order valence-electron chi connectivity index (χ3n) is 3.22. The molecule has 0 bridgehead atoms. The topological polar surface area (TPSA) is 41.1 Å². The highest BCUT2D eigenvalue weighted by Gasteiger charge is 2.30. The molecule has 0 saturated carbocycles. The van der Waals surface area contributed by atoms with E-state index in [0.717, 1.165) is 13.1 Å². The van der Waals surface area contributed by atoms with Crippen LogP contribution in [0.25, 0.3) is 0 Å². The van der Waals surface area contributed by atoms with Gasteiger partial charge >= 0.3 is 0 Å². The molecular weight excluding hydrogens is 176 g/mol. The molecule has 82 valence electrons. The van der Waals surface area contributed by atoms with Crippen LogP contribution in [0.1, 0.15) is 27.7 Å². The molecule has 0 aromatic carbocycles. The summed E-state index contributed by atoms with van der Waals surface area (Å²) in [4.78, 5) is 11.8. The maximum atomic E-state index is 11.8. The molecule has 2 N–H and O–H groups in total. The van der Waals surface area contributed by atoms with Crippen LogP contribution < -0.4 is 10.6 Å². The summed E-state index contributed by atoms with van der Waals surface area (Å²) in [5.41, 5.74) is 0. The Kier molecular flexibility index (Phi) is 3.93. The van der Waals surface area contributed by atoms with Crippen LogP contribution >= 0.6 is 0 Å². The first-order chi connectivity index (χ1) is 6.52. The van der Waals surface area contributed by atoms with Gasteiger partial charge in [0.15, 0.2) is 0 Å². The van der Waals surface area contributed by atoms with E-state index in [1.165, 1.54) is 0 Å². The zero-order valence-corrected chi connectivity index (χ0v) is 9.63. The molecule has 3 unspecified atom stereocenters. The lowest BCUT2D eigenvalue weighted by Crippen LogP contribution is -2.41. The van der Waals surface area contributed by atoms with Crippen LogP contribution in [-0.2, 0) is 4.79 Å². The molecule has 0 aromatic heterocycles. The minimum absolute atomic E-state index is 0.163. The number of carbonyl (C=O) groups is 1. The van der Waals surface area contributed by atoms with Gasteiger partial charge in [-0.15, -0.1) is 0 Å². The zero-order valence-electron chi connectivity index (χ0n) is 9.63. The minimum Gasteiger partial charge on any atom is -0.353 e. The normalized spacial score (nSPS) is 29.2. The molecule has 3 nitrogen and oxygen atoms in total. The standard InChI is InChI=1S/C11H22N2O/c1-7(2)9(4)13-11(14)10-6-12-5-8(10)3/h7-10,12H,5-6H2,1-4H3,(H,13,14). The summed E-state index contributed by atoms with van der Waals surface area (Å²) in [6.07, 6.45) is 0. The van der Waals surface area contributed by atoms with Gasteiger partial charge in [-0.2, -0.15) is 0 Å². The van der Waals surface area contributed by atoms with Crippen molar-refractivity contribution in [2.24, 2.45) is 17.8 Å². The summed E-state index contributed by atoms with van der Waals surface area (Å²) in [5, 5.41) is 6.32. The lowest BCUT2D eigenvalue weighted by molar-refractivity contribution is -0.126. The van der Waals surface area contributed by atoms with Gasteiger partial charge in [0.25, 0.3) is 0 Å². The molecule has 1 fully saturated rings. The Bertz CT molecular complexity index is 203. The van der Waals surface area contributed by atoms with Crippen molar-refractivity contribution in [3.05, 3.63) is 0 Å². The first kappa shape index (κ1) is 11.5. The van der Waals surface area contributed by atoms with E-state index in [1.54, 1.807) is 0 Å². The predicted octanol–water partition coefficient (Wildman–Crippen LogP) is 1.00. The summed E-state index contributed by atoms with van der Waals surface area (Å²) in [6, 6.07) is 0.273. The Balaban J connectivity index is 2.41. The van der Waals surface area contributed by atoms with E-state index in [1.807, 2.05) is 0 Å². The molecule has 1 aliphatic rings. The van der Waals surface area contributed by atoms with Crippen LogP contribution in [0.4, 0.5) is 0 Å². The highest BCUT2D eigenvalue weighted by atomic mass is 16.2. The van der Waals surface area contributed by atoms with E-state index in [9.17, 15) is 4.79 Å². The molecule has 0 aliphatic carbocycles. The van der Waals surface area contributed by atoms with Crippen molar-refractivity contribution in [3.8, 4) is 0 Å². The Morgan fingerprint density at radius 1 is 1.36 bits per heavy atom. The van der Waals surface area contributed by atoms with Crippen molar-refractivity contribution >= 4 is 5.91 Å². The summed E-state index contributed by atoms with van der Waals surface area (Å²) < 4.78 is 0. The Labute approximate surface area is 86.6 Å². The number of hydrogen-bond acceptors (Lipinski definition) is 2. The van der Waals surface area contributed by atoms with Crippen LogP contribution in [0.3, 0.4) is 0 Å². The van der Waals surface area contributed by atoms with E-state index in [4.69, 9.17) is 0 Å². The van der Waals surface area contributed by atoms with Gasteiger partial charge in [-0.1, -0.05) is 20.8 Å². The van der Waals surface area contributed by atoms with Crippen LogP contribution in [-0.4, -0.2) is 25.0 Å². The summed E-state index contributed by atoms with van der Waals surface area (Å²) in [5.74, 6) is 1.35. The smallest absolute Gasteiger partial charge is 0.224 e. The first-order valence-electron chi connectivity index (χ1n) is 5.53. The van der Waals surface area contributed by atoms with Gasteiger partial charge in [0, 0.05) is 12.6 Å². The van der Waals surface area contributed by atoms with Gasteiger partial charge in [0.05, 0.1) is 5.92 Å². The van der Waals surface area contributed by atoms with Crippen molar-refractivity contribution in [3.63, 3.8) is 0 Å². The van der Waals surface area contributed by atoms with E-state index in [0.29, 0.717) is 11.8 Å². The molecule has 0 spiro atoms. The fraction of sp³-hybridized carbons (Fsp3) is 0.909. The number of carbonyl (C=O) groups excluding carboxylic acids is 1. The fourth-order valence-corrected chi connectivity index (χ4v) is 1.66. The second-order valence-corrected chi connectivity index (χ2v) is 4.78. The Morgan fingerprint density at radius 2 is 2.00 bits per heavy atom. The van der Waals surface area contributed by atoms with Crippen LogP contribution in [0.5, 0.6) is 0 Å². The monoisotopic (exact) mass is 198 g/mol. The highest BCUT2D eigenvalue weighted by Crippen LogP contribution is 2.16. The largest absolute Gasteiger partial charge is 0.353 e. The van der Waals surface area contributed by atoms with Gasteiger partial charge in [-0.3, -0.25) is 4.79 Å². The average Bonchev–Trinajstić information content (AvgIpc) is 2.51. The maximum absolute atomic E-state index is 11.8. The molecule has 1 aliphatic heterocycles. The van der Waals surface area contributed by atoms with E-state index in [-0.39, 0.29) is 17.9 Å². The van der Waals surface area contributed by atoms with Crippen molar-refractivity contribution in [1.29, 1.82) is 0 Å². The number of nitrogens with one attached hydrogen (secondary N) is 2. The van der Waals surface area contributed by atoms with Gasteiger partial charge in [0.1, 0.15) is 0 Å². The number of amides is 1. The lowest BCUT2D eigenvalue weighted by Gasteiger charge is -2.21. The van der Waals surface area contributed by atoms with E-state index < -0.39 is 0 Å². The molecule has 0 aromatic rings. The van der Waals surface area contributed by atoms with E-state index >= 15 is 0 Å². The average molecular weight is 198 g/mol. The van der Waals surface area contributed by atoms with Gasteiger partial charge in [-0.25, -0.2) is 0 Å². The molecule has 1 heterocycles. The Morgan fingerprint density at radius 3 is 2.43 bits per heavy atom. The maximum Gasteiger partial charge on any atom is 0.224 e. The first-order valence-corrected chi connectivity index (χ1v) is 5.53. The second-order valence-electron chi connectivity index (χ2n) is 4.78. The molecule has 1 amide bonds. The highest BCUT2D eigenvalue weighted by molar-refractivity contribution is 5.79. The molecule has 0 radical (unpaired) electrons. The molecule has 1 rings (SSSR count). The van der Waals surface area contributed by atoms with Crippen molar-refractivity contribution in [1.82, 2.24) is 10.6 Å². The van der Waals surface area contributed by atoms with Crippen LogP contribution in [0, 0.1) is 17.8 Å². The molecule has 14 heavy (non-hydrogen) atoms. The minimum atomic E-state index is 0.163. The van der Waals surface area contributed by atoms with Crippen LogP contribution in [0.15, 0.2) is 0 Å². The third kappa shape index (κ3) is 2.71. The second kappa shape index (κ2) is 4.78. The SMILES string of the molecule is CC(C)C(C)NC(=O)C1CNCC1C. The predicted molar refractivity (Wildman–Crippen MR) is 58.0 cm³/mol. The zero-order chi connectivity index (χ0) is 10.7. The number of rotatable bonds is 3. The van der Waals surface area contributed by atoms with Gasteiger partial charge < -0.3 is 10.6 Å². The number of hydrogen-bond donors (Lipinski definition) is 2. The summed E-state index contributed by atoms with van der Waals surface area (Å²) in [7, 11) is 0. The molecule has 3 heteroatoms. The van der Waals surface area contributed by atoms with Crippen molar-refractivity contribution in [2.75, 3.05) is 13.1 Å². The molecular formula is C11H22N2O. The molecule has 1 saturated heterocycles. The van der Waals surface area contributed by atoms with Gasteiger partial charge in [-0.05, 0) is 25.3 Å². The lowest BCUT2D eigenvalue weighted by atomic mass is 9.96. The third-order valence-corrected chi connectivity index (χ3v) is 3.22. The summed E-state index contributed by atoms with van der Waals surface area (Å²) >= 11 is 0. The molecule has 3 atom stereocenters. The van der Waals surface area contributed by atoms with E-state index in [2.05, 4.69) is 38.3 Å². The fourth-order valence-electron chi connectivity index (χ4n) is 1.66. The van der Waals surface area contributed by atoms with Crippen molar-refractivity contribution < 1.29 is 4.79 Å². The van der Waals surface area contributed by atoms with Crippen LogP contribution in [0.2, 0.25) is 0 Å².